The van der Waals surface area contributed by atoms with Crippen molar-refractivity contribution in [1.29, 1.82) is 0 Å². The zero-order valence-corrected chi connectivity index (χ0v) is 21.5. The number of quaternary nitrogens is 1. The number of nitro benzene ring substituents is 1. The van der Waals surface area contributed by atoms with E-state index in [0.29, 0.717) is 13.1 Å². The molecule has 14 nitrogen and oxygen atoms in total. The quantitative estimate of drug-likeness (QED) is 0.178. The summed E-state index contributed by atoms with van der Waals surface area (Å²) in [6.07, 6.45) is 1.70. The van der Waals surface area contributed by atoms with Crippen molar-refractivity contribution < 1.29 is 43.9 Å². The minimum Gasteiger partial charge on any atom is -0.365 e. The molecule has 0 atom stereocenters. The average Bonchev–Trinajstić information content (AvgIpc) is 2.71. The van der Waals surface area contributed by atoms with Gasteiger partial charge in [-0.05, 0) is 12.5 Å². The Bertz CT molecular complexity index is 1170. The predicted molar refractivity (Wildman–Crippen MR) is 122 cm³/mol. The fraction of sp³-hybridized carbons (Fsp3) is 0.647. The number of non-ortho nitro benzene ring substituents is 1. The SMILES string of the molecule is Cc1cc([N+](=O)[O-])cc(S(=O)(=O)N2CC[NH2+]CC2)c1N(CCOS(C)(=O)=O)CCOS(C)(=O)=O. The first-order valence-electron chi connectivity index (χ1n) is 10.2. The van der Waals surface area contributed by atoms with Gasteiger partial charge in [-0.25, -0.2) is 8.42 Å². The van der Waals surface area contributed by atoms with Crippen molar-refractivity contribution in [3.05, 3.63) is 27.8 Å². The largest absolute Gasteiger partial charge is 0.365 e. The number of nitrogens with zero attached hydrogens (tertiary/aromatic N) is 3. The molecule has 0 spiro atoms. The number of nitro groups is 1. The van der Waals surface area contributed by atoms with Crippen LogP contribution in [0.5, 0.6) is 0 Å². The van der Waals surface area contributed by atoms with Gasteiger partial charge in [0.25, 0.3) is 25.9 Å². The molecule has 1 aliphatic heterocycles. The van der Waals surface area contributed by atoms with Crippen LogP contribution < -0.4 is 10.2 Å². The summed E-state index contributed by atoms with van der Waals surface area (Å²) in [5.74, 6) is 0. The van der Waals surface area contributed by atoms with Gasteiger partial charge in [0.2, 0.25) is 10.0 Å². The van der Waals surface area contributed by atoms with Crippen molar-refractivity contribution in [3.8, 4) is 0 Å². The zero-order valence-electron chi connectivity index (χ0n) is 19.0. The molecule has 0 saturated carbocycles. The summed E-state index contributed by atoms with van der Waals surface area (Å²) in [6.45, 7) is 1.89. The van der Waals surface area contributed by atoms with Crippen LogP contribution in [-0.4, -0.2) is 99.5 Å². The Morgan fingerprint density at radius 2 is 1.50 bits per heavy atom. The van der Waals surface area contributed by atoms with Gasteiger partial charge >= 0.3 is 0 Å². The van der Waals surface area contributed by atoms with Crippen LogP contribution in [0, 0.1) is 17.0 Å². The van der Waals surface area contributed by atoms with Gasteiger partial charge in [-0.1, -0.05) is 0 Å². The topological polar surface area (TPSA) is 187 Å². The van der Waals surface area contributed by atoms with Crippen LogP contribution in [0.2, 0.25) is 0 Å². The maximum atomic E-state index is 13.5. The molecule has 0 bridgehead atoms. The molecule has 1 aromatic rings. The number of aryl methyl sites for hydroxylation is 1. The molecular weight excluding hydrogens is 516 g/mol. The number of piperazine rings is 1. The normalized spacial score (nSPS) is 15.9. The first-order valence-corrected chi connectivity index (χ1v) is 15.2. The van der Waals surface area contributed by atoms with Crippen LogP contribution in [0.4, 0.5) is 11.4 Å². The van der Waals surface area contributed by atoms with Gasteiger partial charge < -0.3 is 10.2 Å². The van der Waals surface area contributed by atoms with Gasteiger partial charge in [0, 0.05) is 25.2 Å². The molecule has 1 aromatic carbocycles. The Kier molecular flexibility index (Phi) is 9.37. The van der Waals surface area contributed by atoms with Gasteiger partial charge in [-0.3, -0.25) is 18.5 Å². The van der Waals surface area contributed by atoms with E-state index in [1.54, 1.807) is 0 Å². The summed E-state index contributed by atoms with van der Waals surface area (Å²) >= 11 is 0. The third-order valence-electron chi connectivity index (χ3n) is 4.88. The van der Waals surface area contributed by atoms with Crippen molar-refractivity contribution in [1.82, 2.24) is 4.31 Å². The summed E-state index contributed by atoms with van der Waals surface area (Å²) < 4.78 is 83.4. The fourth-order valence-electron chi connectivity index (χ4n) is 3.48. The summed E-state index contributed by atoms with van der Waals surface area (Å²) in [7, 11) is -11.8. The van der Waals surface area contributed by atoms with E-state index in [1.165, 1.54) is 22.2 Å². The van der Waals surface area contributed by atoms with Crippen molar-refractivity contribution in [3.63, 3.8) is 0 Å². The minimum absolute atomic E-state index is 0.0781. The molecule has 0 radical (unpaired) electrons. The van der Waals surface area contributed by atoms with Crippen LogP contribution in [-0.2, 0) is 38.6 Å². The first kappa shape index (κ1) is 28.3. The van der Waals surface area contributed by atoms with Crippen molar-refractivity contribution in [2.24, 2.45) is 0 Å². The van der Waals surface area contributed by atoms with Gasteiger partial charge in [0.15, 0.2) is 0 Å². The standard InChI is InChI=1S/C17H28N4O10S3/c1-14-12-15(21(22)23)13-16(34(28,29)20-6-4-18-5-7-20)17(14)19(8-10-30-32(2,24)25)9-11-31-33(3,26)27/h12-13,18H,4-11H2,1-3H3/p+1. The fourth-order valence-corrected chi connectivity index (χ4v) is 6.00. The van der Waals surface area contributed by atoms with Crippen LogP contribution in [0.15, 0.2) is 17.0 Å². The number of hydrogen-bond acceptors (Lipinski definition) is 11. The lowest BCUT2D eigenvalue weighted by Crippen LogP contribution is -2.89. The molecule has 2 N–H and O–H groups in total. The van der Waals surface area contributed by atoms with Crippen LogP contribution in [0.1, 0.15) is 5.56 Å². The van der Waals surface area contributed by atoms with Crippen molar-refractivity contribution >= 4 is 41.6 Å². The molecule has 1 heterocycles. The summed E-state index contributed by atoms with van der Waals surface area (Å²) in [4.78, 5) is 11.8. The predicted octanol–water partition coefficient (Wildman–Crippen LogP) is -1.77. The Labute approximate surface area is 199 Å². The Morgan fingerprint density at radius 1 is 1.00 bits per heavy atom. The Balaban J connectivity index is 2.57. The lowest BCUT2D eigenvalue weighted by molar-refractivity contribution is -0.661. The number of nitrogens with two attached hydrogens (primary N) is 1. The van der Waals surface area contributed by atoms with Crippen LogP contribution >= 0.6 is 0 Å². The van der Waals surface area contributed by atoms with Gasteiger partial charge in [-0.15, -0.1) is 0 Å². The summed E-state index contributed by atoms with van der Waals surface area (Å²) in [6, 6.07) is 2.15. The highest BCUT2D eigenvalue weighted by atomic mass is 32.2. The summed E-state index contributed by atoms with van der Waals surface area (Å²) in [5, 5.41) is 13.4. The molecule has 0 amide bonds. The molecule has 17 heteroatoms. The highest BCUT2D eigenvalue weighted by molar-refractivity contribution is 7.89. The van der Waals surface area contributed by atoms with E-state index < -0.39 is 40.9 Å². The van der Waals surface area contributed by atoms with E-state index in [1.807, 2.05) is 5.32 Å². The Hall–Kier alpha value is -1.89. The van der Waals surface area contributed by atoms with Crippen molar-refractivity contribution in [2.45, 2.75) is 11.8 Å². The summed E-state index contributed by atoms with van der Waals surface area (Å²) in [5.41, 5.74) is -0.118. The molecular formula is C17H29N4O10S3+. The molecule has 34 heavy (non-hydrogen) atoms. The number of benzene rings is 1. The first-order chi connectivity index (χ1) is 15.6. The number of sulfonamides is 1. The third kappa shape index (κ3) is 8.10. The average molecular weight is 546 g/mol. The van der Waals surface area contributed by atoms with E-state index in [0.717, 1.165) is 18.6 Å². The third-order valence-corrected chi connectivity index (χ3v) is 7.98. The van der Waals surface area contributed by atoms with Gasteiger partial charge in [0.05, 0.1) is 62.5 Å². The molecule has 0 unspecified atom stereocenters. The maximum Gasteiger partial charge on any atom is 0.271 e. The second-order valence-electron chi connectivity index (χ2n) is 7.68. The number of anilines is 1. The molecule has 1 aliphatic rings. The van der Waals surface area contributed by atoms with E-state index >= 15 is 0 Å². The van der Waals surface area contributed by atoms with E-state index in [-0.39, 0.29) is 55.5 Å². The van der Waals surface area contributed by atoms with E-state index in [4.69, 9.17) is 8.37 Å². The highest BCUT2D eigenvalue weighted by Gasteiger charge is 2.33. The lowest BCUT2D eigenvalue weighted by Gasteiger charge is -2.31. The van der Waals surface area contributed by atoms with Gasteiger partial charge in [0.1, 0.15) is 4.90 Å². The molecule has 1 fully saturated rings. The molecule has 1 saturated heterocycles. The van der Waals surface area contributed by atoms with Crippen molar-refractivity contribution in [2.75, 3.05) is 69.9 Å². The molecule has 194 valence electrons. The van der Waals surface area contributed by atoms with Crippen LogP contribution in [0.25, 0.3) is 0 Å². The van der Waals surface area contributed by atoms with E-state index in [2.05, 4.69) is 0 Å². The highest BCUT2D eigenvalue weighted by Crippen LogP contribution is 2.35. The molecule has 2 rings (SSSR count). The lowest BCUT2D eigenvalue weighted by atomic mass is 10.1. The second-order valence-corrected chi connectivity index (χ2v) is 12.9. The second kappa shape index (κ2) is 11.2. The zero-order chi connectivity index (χ0) is 25.7. The number of hydrogen-bond donors (Lipinski definition) is 1. The molecule has 0 aliphatic carbocycles. The minimum atomic E-state index is -4.17. The van der Waals surface area contributed by atoms with Gasteiger partial charge in [-0.2, -0.15) is 21.1 Å². The van der Waals surface area contributed by atoms with Crippen LogP contribution in [0.3, 0.4) is 0 Å². The van der Waals surface area contributed by atoms with E-state index in [9.17, 15) is 35.4 Å². The smallest absolute Gasteiger partial charge is 0.271 e. The molecule has 0 aromatic heterocycles. The number of rotatable bonds is 12. The maximum absolute atomic E-state index is 13.5. The monoisotopic (exact) mass is 545 g/mol. The Morgan fingerprint density at radius 3 is 1.94 bits per heavy atom.